The summed E-state index contributed by atoms with van der Waals surface area (Å²) in [7, 11) is 4.71. The van der Waals surface area contributed by atoms with E-state index in [1.54, 1.807) is 32.4 Å². The number of carbonyl (C=O) groups is 1. The van der Waals surface area contributed by atoms with E-state index in [9.17, 15) is 9.18 Å². The Kier molecular flexibility index (Phi) is 5.03. The van der Waals surface area contributed by atoms with Crippen LogP contribution in [0.2, 0.25) is 0 Å². The molecule has 0 aliphatic heterocycles. The smallest absolute Gasteiger partial charge is 0.259 e. The molecule has 116 valence electrons. The molecule has 0 fully saturated rings. The number of amides is 1. The molecule has 2 rings (SSSR count). The van der Waals surface area contributed by atoms with Crippen molar-refractivity contribution in [3.63, 3.8) is 0 Å². The molecule has 1 amide bonds. The molecular formula is C16H15BrFNO3. The predicted octanol–water partition coefficient (Wildman–Crippen LogP) is 3.88. The van der Waals surface area contributed by atoms with E-state index in [0.717, 1.165) is 0 Å². The van der Waals surface area contributed by atoms with Crippen molar-refractivity contribution in [1.82, 2.24) is 0 Å². The van der Waals surface area contributed by atoms with Crippen molar-refractivity contribution in [2.24, 2.45) is 0 Å². The summed E-state index contributed by atoms with van der Waals surface area (Å²) in [5, 5.41) is 0. The number of rotatable bonds is 4. The van der Waals surface area contributed by atoms with Gasteiger partial charge in [0, 0.05) is 23.3 Å². The number of carbonyl (C=O) groups excluding carboxylic acids is 1. The van der Waals surface area contributed by atoms with Crippen LogP contribution in [-0.4, -0.2) is 27.2 Å². The summed E-state index contributed by atoms with van der Waals surface area (Å²) in [6.45, 7) is 0. The summed E-state index contributed by atoms with van der Waals surface area (Å²) in [6, 6.07) is 9.12. The van der Waals surface area contributed by atoms with E-state index in [0.29, 0.717) is 27.2 Å². The molecule has 0 radical (unpaired) electrons. The van der Waals surface area contributed by atoms with Gasteiger partial charge in [0.2, 0.25) is 0 Å². The summed E-state index contributed by atoms with van der Waals surface area (Å²) >= 11 is 3.21. The Bertz CT molecular complexity index is 706. The third-order valence-electron chi connectivity index (χ3n) is 3.22. The van der Waals surface area contributed by atoms with Gasteiger partial charge < -0.3 is 14.4 Å². The van der Waals surface area contributed by atoms with Gasteiger partial charge >= 0.3 is 0 Å². The van der Waals surface area contributed by atoms with Crippen molar-refractivity contribution in [2.45, 2.75) is 0 Å². The number of ether oxygens (including phenoxy) is 2. The Morgan fingerprint density at radius 1 is 1.09 bits per heavy atom. The van der Waals surface area contributed by atoms with Crippen LogP contribution in [0.1, 0.15) is 10.4 Å². The highest BCUT2D eigenvalue weighted by Crippen LogP contribution is 2.32. The Balaban J connectivity index is 2.34. The lowest BCUT2D eigenvalue weighted by molar-refractivity contribution is 0.0992. The van der Waals surface area contributed by atoms with Crippen molar-refractivity contribution in [3.8, 4) is 11.5 Å². The molecule has 0 heterocycles. The Hall–Kier alpha value is -2.08. The molecule has 22 heavy (non-hydrogen) atoms. The van der Waals surface area contributed by atoms with Gasteiger partial charge in [-0.25, -0.2) is 4.39 Å². The van der Waals surface area contributed by atoms with Crippen LogP contribution in [0, 0.1) is 5.82 Å². The lowest BCUT2D eigenvalue weighted by Crippen LogP contribution is -2.26. The summed E-state index contributed by atoms with van der Waals surface area (Å²) in [4.78, 5) is 14.0. The third-order valence-corrected chi connectivity index (χ3v) is 3.88. The van der Waals surface area contributed by atoms with Gasteiger partial charge in [-0.05, 0) is 46.3 Å². The zero-order chi connectivity index (χ0) is 16.3. The Morgan fingerprint density at radius 2 is 1.77 bits per heavy atom. The molecule has 4 nitrogen and oxygen atoms in total. The van der Waals surface area contributed by atoms with Gasteiger partial charge in [-0.15, -0.1) is 0 Å². The van der Waals surface area contributed by atoms with Gasteiger partial charge in [0.05, 0.1) is 19.8 Å². The molecule has 0 N–H and O–H groups in total. The second kappa shape index (κ2) is 6.79. The molecule has 0 saturated heterocycles. The maximum Gasteiger partial charge on any atom is 0.259 e. The normalized spacial score (nSPS) is 10.2. The van der Waals surface area contributed by atoms with Crippen molar-refractivity contribution in [1.29, 1.82) is 0 Å². The largest absolute Gasteiger partial charge is 0.493 e. The van der Waals surface area contributed by atoms with E-state index >= 15 is 0 Å². The minimum atomic E-state index is -0.405. The first-order chi connectivity index (χ1) is 10.5. The second-order valence-electron chi connectivity index (χ2n) is 4.53. The van der Waals surface area contributed by atoms with Gasteiger partial charge in [-0.3, -0.25) is 4.79 Å². The molecular weight excluding hydrogens is 353 g/mol. The van der Waals surface area contributed by atoms with E-state index in [2.05, 4.69) is 15.9 Å². The van der Waals surface area contributed by atoms with Gasteiger partial charge in [-0.1, -0.05) is 0 Å². The van der Waals surface area contributed by atoms with Crippen LogP contribution in [0.4, 0.5) is 10.1 Å². The fraction of sp³-hybridized carbons (Fsp3) is 0.188. The van der Waals surface area contributed by atoms with Crippen molar-refractivity contribution in [3.05, 3.63) is 52.3 Å². The first-order valence-electron chi connectivity index (χ1n) is 6.43. The molecule has 0 aliphatic rings. The predicted molar refractivity (Wildman–Crippen MR) is 86.4 cm³/mol. The maximum absolute atomic E-state index is 13.1. The highest BCUT2D eigenvalue weighted by molar-refractivity contribution is 9.10. The molecule has 2 aromatic carbocycles. The molecule has 0 aromatic heterocycles. The van der Waals surface area contributed by atoms with Crippen LogP contribution in [0.3, 0.4) is 0 Å². The SMILES string of the molecule is COc1ccc(N(C)C(=O)c2ccc(F)cc2Br)cc1OC. The number of hydrogen-bond acceptors (Lipinski definition) is 3. The van der Waals surface area contributed by atoms with Crippen LogP contribution in [0.5, 0.6) is 11.5 Å². The van der Waals surface area contributed by atoms with Gasteiger partial charge in [0.15, 0.2) is 11.5 Å². The number of nitrogens with zero attached hydrogens (tertiary/aromatic N) is 1. The van der Waals surface area contributed by atoms with Crippen molar-refractivity contribution >= 4 is 27.5 Å². The van der Waals surface area contributed by atoms with Crippen molar-refractivity contribution in [2.75, 3.05) is 26.2 Å². The number of halogens is 2. The van der Waals surface area contributed by atoms with Crippen LogP contribution in [-0.2, 0) is 0 Å². The van der Waals surface area contributed by atoms with Crippen molar-refractivity contribution < 1.29 is 18.7 Å². The number of anilines is 1. The molecule has 0 atom stereocenters. The van der Waals surface area contributed by atoms with Crippen LogP contribution in [0.25, 0.3) is 0 Å². The molecule has 0 saturated carbocycles. The monoisotopic (exact) mass is 367 g/mol. The fourth-order valence-electron chi connectivity index (χ4n) is 1.99. The molecule has 0 spiro atoms. The van der Waals surface area contributed by atoms with E-state index in [-0.39, 0.29) is 5.91 Å². The fourth-order valence-corrected chi connectivity index (χ4v) is 2.51. The average Bonchev–Trinajstić information content (AvgIpc) is 2.52. The summed E-state index contributed by atoms with van der Waals surface area (Å²) in [5.41, 5.74) is 1.01. The van der Waals surface area contributed by atoms with Gasteiger partial charge in [-0.2, -0.15) is 0 Å². The highest BCUT2D eigenvalue weighted by Gasteiger charge is 2.18. The Morgan fingerprint density at radius 3 is 2.36 bits per heavy atom. The topological polar surface area (TPSA) is 38.8 Å². The highest BCUT2D eigenvalue weighted by atomic mass is 79.9. The van der Waals surface area contributed by atoms with Gasteiger partial charge in [0.1, 0.15) is 5.82 Å². The Labute approximate surface area is 136 Å². The number of methoxy groups -OCH3 is 2. The molecule has 0 unspecified atom stereocenters. The summed E-state index contributed by atoms with van der Waals surface area (Å²) < 4.78 is 23.9. The first-order valence-corrected chi connectivity index (χ1v) is 7.22. The number of hydrogen-bond donors (Lipinski definition) is 0. The zero-order valence-corrected chi connectivity index (χ0v) is 14.0. The molecule has 6 heteroatoms. The van der Waals surface area contributed by atoms with Crippen LogP contribution >= 0.6 is 15.9 Å². The van der Waals surface area contributed by atoms with Gasteiger partial charge in [0.25, 0.3) is 5.91 Å². The maximum atomic E-state index is 13.1. The standard InChI is InChI=1S/C16H15BrFNO3/c1-19(11-5-7-14(21-2)15(9-11)22-3)16(20)12-6-4-10(18)8-13(12)17/h4-9H,1-3H3. The third kappa shape index (κ3) is 3.22. The lowest BCUT2D eigenvalue weighted by atomic mass is 10.2. The number of benzene rings is 2. The van der Waals surface area contributed by atoms with E-state index in [4.69, 9.17) is 9.47 Å². The lowest BCUT2D eigenvalue weighted by Gasteiger charge is -2.19. The summed E-state index contributed by atoms with van der Waals surface area (Å²) in [5.74, 6) is 0.434. The van der Waals surface area contributed by atoms with E-state index in [1.807, 2.05) is 0 Å². The minimum Gasteiger partial charge on any atom is -0.493 e. The van der Waals surface area contributed by atoms with E-state index < -0.39 is 5.82 Å². The molecule has 2 aromatic rings. The van der Waals surface area contributed by atoms with E-state index in [1.165, 1.54) is 30.2 Å². The second-order valence-corrected chi connectivity index (χ2v) is 5.38. The van der Waals surface area contributed by atoms with Crippen LogP contribution < -0.4 is 14.4 Å². The molecule has 0 bridgehead atoms. The van der Waals surface area contributed by atoms with Crippen LogP contribution in [0.15, 0.2) is 40.9 Å². The quantitative estimate of drug-likeness (QED) is 0.822. The first kappa shape index (κ1) is 16.3. The average molecular weight is 368 g/mol. The minimum absolute atomic E-state index is 0.265. The molecule has 0 aliphatic carbocycles. The summed E-state index contributed by atoms with van der Waals surface area (Å²) in [6.07, 6.45) is 0. The zero-order valence-electron chi connectivity index (χ0n) is 12.4.